The summed E-state index contributed by atoms with van der Waals surface area (Å²) in [4.78, 5) is 17.4. The van der Waals surface area contributed by atoms with Gasteiger partial charge in [-0.2, -0.15) is 5.26 Å². The molecule has 1 heterocycles. The Morgan fingerprint density at radius 2 is 1.97 bits per heavy atom. The molecule has 2 atom stereocenters. The molecule has 0 saturated carbocycles. The van der Waals surface area contributed by atoms with Crippen LogP contribution in [0.4, 0.5) is 5.69 Å². The fourth-order valence-corrected chi connectivity index (χ4v) is 5.16. The zero-order chi connectivity index (χ0) is 23.7. The third kappa shape index (κ3) is 5.68. The van der Waals surface area contributed by atoms with Gasteiger partial charge in [0.05, 0.1) is 15.7 Å². The number of carbonyl (C=O) groups excluding carboxylic acids is 1. The highest BCUT2D eigenvalue weighted by Gasteiger charge is 2.30. The fraction of sp³-hybridized carbons (Fsp3) is 0.435. The molecule has 3 rings (SSSR count). The van der Waals surface area contributed by atoms with Crippen molar-refractivity contribution in [3.8, 4) is 6.07 Å². The lowest BCUT2D eigenvalue weighted by Crippen LogP contribution is -2.27. The number of pyridine rings is 1. The predicted octanol–water partition coefficient (Wildman–Crippen LogP) is 3.87. The van der Waals surface area contributed by atoms with Gasteiger partial charge >= 0.3 is 0 Å². The highest BCUT2D eigenvalue weighted by atomic mass is 32.2. The van der Waals surface area contributed by atoms with Crippen molar-refractivity contribution in [1.29, 1.82) is 5.26 Å². The Morgan fingerprint density at radius 1 is 1.31 bits per heavy atom. The second-order valence-electron chi connectivity index (χ2n) is 9.18. The molecule has 1 aliphatic rings. The zero-order valence-corrected chi connectivity index (χ0v) is 20.3. The number of amides is 1. The molecular formula is C23H28N4O3S2. The summed E-state index contributed by atoms with van der Waals surface area (Å²) in [6.07, 6.45) is 2.84. The standard InChI is InChI=1S/C23H28N4O3S2/c1-14(21(28)26-18-6-8-19(9-7-18)32(25,29)30)31-22-16(13-24)11-15-12-17(23(2,3)4)5-10-20(15)27-22/h6-9,11,14,17H,5,10,12H2,1-4H3,(H,26,28)(H2,25,29,30). The van der Waals surface area contributed by atoms with Crippen molar-refractivity contribution >= 4 is 33.4 Å². The summed E-state index contributed by atoms with van der Waals surface area (Å²) >= 11 is 1.25. The number of sulfonamides is 1. The lowest BCUT2D eigenvalue weighted by atomic mass is 9.71. The van der Waals surface area contributed by atoms with Crippen LogP contribution in [-0.4, -0.2) is 24.6 Å². The van der Waals surface area contributed by atoms with E-state index in [1.54, 1.807) is 6.92 Å². The smallest absolute Gasteiger partial charge is 0.238 e. The van der Waals surface area contributed by atoms with Crippen molar-refractivity contribution in [3.63, 3.8) is 0 Å². The third-order valence-electron chi connectivity index (χ3n) is 5.81. The number of aryl methyl sites for hydroxylation is 1. The monoisotopic (exact) mass is 472 g/mol. The number of nitrogens with one attached hydrogen (secondary N) is 1. The number of rotatable bonds is 5. The Morgan fingerprint density at radius 3 is 2.53 bits per heavy atom. The number of carbonyl (C=O) groups is 1. The molecule has 3 N–H and O–H groups in total. The molecule has 7 nitrogen and oxygen atoms in total. The quantitative estimate of drug-likeness (QED) is 0.636. The highest BCUT2D eigenvalue weighted by Crippen LogP contribution is 2.38. The maximum Gasteiger partial charge on any atom is 0.238 e. The van der Waals surface area contributed by atoms with Crippen molar-refractivity contribution in [2.24, 2.45) is 16.5 Å². The molecule has 0 spiro atoms. The molecule has 2 unspecified atom stereocenters. The fourth-order valence-electron chi connectivity index (χ4n) is 3.75. The molecule has 0 fully saturated rings. The van der Waals surface area contributed by atoms with Crippen LogP contribution >= 0.6 is 11.8 Å². The number of aromatic nitrogens is 1. The Kier molecular flexibility index (Phi) is 6.98. The molecule has 0 saturated heterocycles. The van der Waals surface area contributed by atoms with Gasteiger partial charge in [0.25, 0.3) is 0 Å². The summed E-state index contributed by atoms with van der Waals surface area (Å²) in [5.74, 6) is 0.279. The molecular weight excluding hydrogens is 444 g/mol. The van der Waals surface area contributed by atoms with Crippen molar-refractivity contribution in [2.45, 2.75) is 62.1 Å². The van der Waals surface area contributed by atoms with E-state index in [4.69, 9.17) is 10.1 Å². The van der Waals surface area contributed by atoms with Gasteiger partial charge in [0.1, 0.15) is 11.1 Å². The molecule has 0 radical (unpaired) electrons. The van der Waals surface area contributed by atoms with E-state index in [-0.39, 0.29) is 16.2 Å². The predicted molar refractivity (Wildman–Crippen MR) is 126 cm³/mol. The molecule has 1 aromatic carbocycles. The third-order valence-corrected chi connectivity index (χ3v) is 7.84. The summed E-state index contributed by atoms with van der Waals surface area (Å²) in [6, 6.07) is 9.81. The second-order valence-corrected chi connectivity index (χ2v) is 12.1. The Balaban J connectivity index is 1.72. The van der Waals surface area contributed by atoms with Gasteiger partial charge in [-0.25, -0.2) is 18.5 Å². The molecule has 32 heavy (non-hydrogen) atoms. The number of fused-ring (bicyclic) bond motifs is 1. The second kappa shape index (κ2) is 9.22. The Bertz CT molecular complexity index is 1160. The number of nitriles is 1. The first-order chi connectivity index (χ1) is 14.9. The summed E-state index contributed by atoms with van der Waals surface area (Å²) in [6.45, 7) is 8.48. The molecule has 170 valence electrons. The maximum atomic E-state index is 12.7. The van der Waals surface area contributed by atoms with Gasteiger partial charge < -0.3 is 5.32 Å². The number of primary sulfonamides is 1. The molecule has 1 amide bonds. The Hall–Kier alpha value is -2.41. The van der Waals surface area contributed by atoms with Crippen LogP contribution in [0, 0.1) is 22.7 Å². The number of nitrogens with two attached hydrogens (primary N) is 1. The van der Waals surface area contributed by atoms with Crippen LogP contribution in [0.5, 0.6) is 0 Å². The topological polar surface area (TPSA) is 126 Å². The number of nitrogens with zero attached hydrogens (tertiary/aromatic N) is 2. The van der Waals surface area contributed by atoms with E-state index in [0.717, 1.165) is 30.5 Å². The minimum absolute atomic E-state index is 0.0245. The zero-order valence-electron chi connectivity index (χ0n) is 18.7. The van der Waals surface area contributed by atoms with Gasteiger partial charge in [0, 0.05) is 11.4 Å². The van der Waals surface area contributed by atoms with Crippen LogP contribution in [0.2, 0.25) is 0 Å². The first-order valence-corrected chi connectivity index (χ1v) is 12.8. The lowest BCUT2D eigenvalue weighted by Gasteiger charge is -2.34. The number of hydrogen-bond acceptors (Lipinski definition) is 6. The van der Waals surface area contributed by atoms with Crippen LogP contribution < -0.4 is 10.5 Å². The average molecular weight is 473 g/mol. The number of hydrogen-bond donors (Lipinski definition) is 2. The van der Waals surface area contributed by atoms with Gasteiger partial charge in [-0.3, -0.25) is 4.79 Å². The highest BCUT2D eigenvalue weighted by molar-refractivity contribution is 8.00. The van der Waals surface area contributed by atoms with E-state index < -0.39 is 15.3 Å². The van der Waals surface area contributed by atoms with Gasteiger partial charge in [-0.15, -0.1) is 0 Å². The normalized spacial score (nSPS) is 17.2. The van der Waals surface area contributed by atoms with E-state index in [0.29, 0.717) is 22.2 Å². The Labute approximate surface area is 193 Å². The number of thioether (sulfide) groups is 1. The first kappa shape index (κ1) is 24.2. The maximum absolute atomic E-state index is 12.7. The molecule has 2 aromatic rings. The van der Waals surface area contributed by atoms with Crippen molar-refractivity contribution in [3.05, 3.63) is 47.2 Å². The average Bonchev–Trinajstić information content (AvgIpc) is 2.71. The first-order valence-electron chi connectivity index (χ1n) is 10.4. The van der Waals surface area contributed by atoms with Gasteiger partial charge in [-0.05, 0) is 73.4 Å². The molecule has 1 aromatic heterocycles. The SMILES string of the molecule is CC(Sc1nc2c(cc1C#N)CC(C(C)(C)C)CC2)C(=O)Nc1ccc(S(N)(=O)=O)cc1. The van der Waals surface area contributed by atoms with Crippen LogP contribution in [0.3, 0.4) is 0 Å². The van der Waals surface area contributed by atoms with E-state index >= 15 is 0 Å². The van der Waals surface area contributed by atoms with E-state index in [9.17, 15) is 18.5 Å². The largest absolute Gasteiger partial charge is 0.325 e. The van der Waals surface area contributed by atoms with Crippen LogP contribution in [0.25, 0.3) is 0 Å². The summed E-state index contributed by atoms with van der Waals surface area (Å²) < 4.78 is 22.7. The molecule has 9 heteroatoms. The van der Waals surface area contributed by atoms with E-state index in [1.165, 1.54) is 36.0 Å². The van der Waals surface area contributed by atoms with Crippen LogP contribution in [-0.2, 0) is 27.7 Å². The lowest BCUT2D eigenvalue weighted by molar-refractivity contribution is -0.115. The van der Waals surface area contributed by atoms with Crippen molar-refractivity contribution < 1.29 is 13.2 Å². The van der Waals surface area contributed by atoms with Crippen LogP contribution in [0.15, 0.2) is 40.3 Å². The van der Waals surface area contributed by atoms with E-state index in [2.05, 4.69) is 32.2 Å². The number of anilines is 1. The van der Waals surface area contributed by atoms with Gasteiger partial charge in [-0.1, -0.05) is 32.5 Å². The summed E-state index contributed by atoms with van der Waals surface area (Å²) in [5.41, 5.74) is 3.29. The van der Waals surface area contributed by atoms with Crippen molar-refractivity contribution in [1.82, 2.24) is 4.98 Å². The van der Waals surface area contributed by atoms with Gasteiger partial charge in [0.2, 0.25) is 15.9 Å². The molecule has 0 bridgehead atoms. The minimum Gasteiger partial charge on any atom is -0.325 e. The molecule has 0 aliphatic heterocycles. The van der Waals surface area contributed by atoms with Crippen molar-refractivity contribution in [2.75, 3.05) is 5.32 Å². The van der Waals surface area contributed by atoms with E-state index in [1.807, 2.05) is 6.07 Å². The summed E-state index contributed by atoms with van der Waals surface area (Å²) in [7, 11) is -3.79. The number of benzene rings is 1. The minimum atomic E-state index is -3.79. The molecule has 1 aliphatic carbocycles. The summed E-state index contributed by atoms with van der Waals surface area (Å²) in [5, 5.41) is 17.6. The van der Waals surface area contributed by atoms with Gasteiger partial charge in [0.15, 0.2) is 0 Å². The van der Waals surface area contributed by atoms with Crippen LogP contribution in [0.1, 0.15) is 50.9 Å².